The summed E-state index contributed by atoms with van der Waals surface area (Å²) >= 11 is 5.75. The predicted octanol–water partition coefficient (Wildman–Crippen LogP) is 0.739. The van der Waals surface area contributed by atoms with E-state index in [1.54, 1.807) is 19.2 Å². The van der Waals surface area contributed by atoms with E-state index in [-0.39, 0.29) is 0 Å². The molecule has 0 aromatic carbocycles. The lowest BCUT2D eigenvalue weighted by Crippen LogP contribution is -2.23. The summed E-state index contributed by atoms with van der Waals surface area (Å²) < 4.78 is 0. The van der Waals surface area contributed by atoms with Crippen LogP contribution in [0, 0.1) is 0 Å². The molecule has 84 valence electrons. The molecular weight excluding hydrogens is 216 g/mol. The van der Waals surface area contributed by atoms with Gasteiger partial charge in [0.05, 0.1) is 11.8 Å². The molecule has 4 nitrogen and oxygen atoms in total. The number of aliphatic hydroxyl groups excluding tert-OH is 2. The topological polar surface area (TPSA) is 65.4 Å². The number of halogens is 1. The van der Waals surface area contributed by atoms with E-state index in [1.165, 1.54) is 6.20 Å². The Kier molecular flexibility index (Phi) is 4.98. The Hall–Kier alpha value is -0.680. The van der Waals surface area contributed by atoms with Crippen LogP contribution in [0.1, 0.15) is 18.2 Å². The molecule has 0 spiro atoms. The highest BCUT2D eigenvalue weighted by Gasteiger charge is 2.18. The van der Waals surface area contributed by atoms with E-state index in [2.05, 4.69) is 10.3 Å². The number of nitrogens with one attached hydrogen (secondary N) is 1. The van der Waals surface area contributed by atoms with Crippen LogP contribution in [0.4, 0.5) is 0 Å². The molecule has 1 heterocycles. The van der Waals surface area contributed by atoms with Crippen molar-refractivity contribution in [3.63, 3.8) is 0 Å². The van der Waals surface area contributed by atoms with E-state index < -0.39 is 12.2 Å². The Morgan fingerprint density at radius 2 is 2.27 bits per heavy atom. The highest BCUT2D eigenvalue weighted by atomic mass is 35.5. The second-order valence-corrected chi connectivity index (χ2v) is 3.74. The first-order valence-electron chi connectivity index (χ1n) is 4.77. The van der Waals surface area contributed by atoms with E-state index in [1.807, 2.05) is 0 Å². The van der Waals surface area contributed by atoms with Gasteiger partial charge in [-0.3, -0.25) is 4.98 Å². The van der Waals surface area contributed by atoms with Gasteiger partial charge >= 0.3 is 0 Å². The van der Waals surface area contributed by atoms with Crippen molar-refractivity contribution in [3.05, 3.63) is 29.0 Å². The summed E-state index contributed by atoms with van der Waals surface area (Å²) in [6.45, 7) is 0.638. The second-order valence-electron chi connectivity index (χ2n) is 3.30. The van der Waals surface area contributed by atoms with E-state index in [0.717, 1.165) is 0 Å². The van der Waals surface area contributed by atoms with Crippen LogP contribution in [0.3, 0.4) is 0 Å². The molecule has 0 radical (unpaired) electrons. The zero-order valence-corrected chi connectivity index (χ0v) is 9.28. The van der Waals surface area contributed by atoms with Crippen molar-refractivity contribution in [1.29, 1.82) is 0 Å². The number of aliphatic hydroxyl groups is 2. The first-order chi connectivity index (χ1) is 7.15. The molecular formula is C10H15ClN2O2. The van der Waals surface area contributed by atoms with Crippen LogP contribution in [-0.2, 0) is 0 Å². The summed E-state index contributed by atoms with van der Waals surface area (Å²) in [7, 11) is 1.79. The highest BCUT2D eigenvalue weighted by molar-refractivity contribution is 6.30. The molecule has 3 N–H and O–H groups in total. The van der Waals surface area contributed by atoms with Crippen LogP contribution in [-0.4, -0.2) is 34.9 Å². The molecule has 0 aliphatic heterocycles. The van der Waals surface area contributed by atoms with Crippen molar-refractivity contribution in [3.8, 4) is 0 Å². The quantitative estimate of drug-likeness (QED) is 0.698. The number of hydrogen-bond donors (Lipinski definition) is 3. The van der Waals surface area contributed by atoms with Gasteiger partial charge in [0.1, 0.15) is 6.10 Å². The fourth-order valence-electron chi connectivity index (χ4n) is 1.23. The Balaban J connectivity index is 2.62. The van der Waals surface area contributed by atoms with Crippen LogP contribution in [0.25, 0.3) is 0 Å². The summed E-state index contributed by atoms with van der Waals surface area (Å²) in [5.74, 6) is 0. The third kappa shape index (κ3) is 3.76. The van der Waals surface area contributed by atoms with E-state index in [9.17, 15) is 10.2 Å². The molecule has 0 amide bonds. The number of hydrogen-bond acceptors (Lipinski definition) is 4. The average molecular weight is 231 g/mol. The van der Waals surface area contributed by atoms with Gasteiger partial charge in [0.15, 0.2) is 0 Å². The van der Waals surface area contributed by atoms with Crippen molar-refractivity contribution in [2.45, 2.75) is 18.6 Å². The van der Waals surface area contributed by atoms with Crippen molar-refractivity contribution in [2.24, 2.45) is 0 Å². The van der Waals surface area contributed by atoms with Gasteiger partial charge in [-0.05, 0) is 32.1 Å². The van der Waals surface area contributed by atoms with Gasteiger partial charge in [-0.15, -0.1) is 0 Å². The van der Waals surface area contributed by atoms with Gasteiger partial charge in [-0.2, -0.15) is 0 Å². The van der Waals surface area contributed by atoms with Gasteiger partial charge in [-0.25, -0.2) is 0 Å². The fourth-order valence-corrected chi connectivity index (χ4v) is 1.40. The summed E-state index contributed by atoms with van der Waals surface area (Å²) in [4.78, 5) is 3.95. The maximum Gasteiger partial charge on any atom is 0.122 e. The van der Waals surface area contributed by atoms with Crippen molar-refractivity contribution >= 4 is 11.6 Å². The van der Waals surface area contributed by atoms with E-state index in [0.29, 0.717) is 23.7 Å². The molecule has 2 atom stereocenters. The largest absolute Gasteiger partial charge is 0.390 e. The average Bonchev–Trinajstić information content (AvgIpc) is 2.24. The standard InChI is InChI=1S/C10H15ClN2O2/c1-12-4-3-9(14)10(15)8-6-7(11)2-5-13-8/h2,5-6,9-10,12,14-15H,3-4H2,1H3. The first-order valence-corrected chi connectivity index (χ1v) is 5.15. The molecule has 0 fully saturated rings. The van der Waals surface area contributed by atoms with Gasteiger partial charge in [0.2, 0.25) is 0 Å². The molecule has 0 saturated carbocycles. The number of aromatic nitrogens is 1. The lowest BCUT2D eigenvalue weighted by Gasteiger charge is -2.17. The molecule has 1 aromatic rings. The molecule has 2 unspecified atom stereocenters. The van der Waals surface area contributed by atoms with E-state index >= 15 is 0 Å². The SMILES string of the molecule is CNCCC(O)C(O)c1cc(Cl)ccn1. The van der Waals surface area contributed by atoms with Crippen molar-refractivity contribution < 1.29 is 10.2 Å². The van der Waals surface area contributed by atoms with Crippen molar-refractivity contribution in [2.75, 3.05) is 13.6 Å². The molecule has 1 rings (SSSR count). The van der Waals surface area contributed by atoms with Crippen LogP contribution in [0.15, 0.2) is 18.3 Å². The Bertz CT molecular complexity index is 309. The minimum atomic E-state index is -0.989. The Morgan fingerprint density at radius 1 is 1.53 bits per heavy atom. The second kappa shape index (κ2) is 6.02. The molecule has 0 bridgehead atoms. The van der Waals surface area contributed by atoms with Crippen molar-refractivity contribution in [1.82, 2.24) is 10.3 Å². The predicted molar refractivity (Wildman–Crippen MR) is 58.8 cm³/mol. The normalized spacial score (nSPS) is 14.9. The molecule has 15 heavy (non-hydrogen) atoms. The maximum atomic E-state index is 9.74. The molecule has 0 aliphatic rings. The van der Waals surface area contributed by atoms with E-state index in [4.69, 9.17) is 11.6 Å². The molecule has 1 aromatic heterocycles. The Morgan fingerprint density at radius 3 is 2.87 bits per heavy atom. The van der Waals surface area contributed by atoms with Gasteiger partial charge < -0.3 is 15.5 Å². The number of nitrogens with zero attached hydrogens (tertiary/aromatic N) is 1. The minimum absolute atomic E-state index is 0.395. The zero-order valence-electron chi connectivity index (χ0n) is 8.52. The number of rotatable bonds is 5. The first kappa shape index (κ1) is 12.4. The fraction of sp³-hybridized carbons (Fsp3) is 0.500. The summed E-state index contributed by atoms with van der Waals surface area (Å²) in [5.41, 5.74) is 0.395. The van der Waals surface area contributed by atoms with Gasteiger partial charge in [0, 0.05) is 11.2 Å². The minimum Gasteiger partial charge on any atom is -0.390 e. The van der Waals surface area contributed by atoms with Gasteiger partial charge in [-0.1, -0.05) is 11.6 Å². The smallest absolute Gasteiger partial charge is 0.122 e. The summed E-state index contributed by atoms with van der Waals surface area (Å²) in [6, 6.07) is 3.17. The third-order valence-electron chi connectivity index (χ3n) is 2.10. The van der Waals surface area contributed by atoms with Crippen LogP contribution >= 0.6 is 11.6 Å². The highest BCUT2D eigenvalue weighted by Crippen LogP contribution is 2.19. The monoisotopic (exact) mass is 230 g/mol. The maximum absolute atomic E-state index is 9.74. The molecule has 0 saturated heterocycles. The number of pyridine rings is 1. The lowest BCUT2D eigenvalue weighted by molar-refractivity contribution is 0.0115. The zero-order chi connectivity index (χ0) is 11.3. The van der Waals surface area contributed by atoms with Crippen LogP contribution in [0.2, 0.25) is 5.02 Å². The molecule has 0 aliphatic carbocycles. The summed E-state index contributed by atoms with van der Waals surface area (Å²) in [5, 5.41) is 22.8. The van der Waals surface area contributed by atoms with Gasteiger partial charge in [0.25, 0.3) is 0 Å². The van der Waals surface area contributed by atoms with Crippen LogP contribution in [0.5, 0.6) is 0 Å². The molecule has 5 heteroatoms. The Labute approximate surface area is 93.9 Å². The lowest BCUT2D eigenvalue weighted by atomic mass is 10.1. The third-order valence-corrected chi connectivity index (χ3v) is 2.34. The summed E-state index contributed by atoms with van der Waals surface area (Å²) in [6.07, 6.45) is 0.151. The van der Waals surface area contributed by atoms with Crippen LogP contribution < -0.4 is 5.32 Å².